The average Bonchev–Trinajstić information content (AvgIpc) is 3.08. The maximum atomic E-state index is 13.8. The maximum absolute atomic E-state index is 13.8. The van der Waals surface area contributed by atoms with Crippen molar-refractivity contribution in [1.29, 1.82) is 0 Å². The van der Waals surface area contributed by atoms with Gasteiger partial charge in [-0.1, -0.05) is 35.9 Å². The summed E-state index contributed by atoms with van der Waals surface area (Å²) in [7, 11) is 0. The van der Waals surface area contributed by atoms with E-state index in [1.165, 1.54) is 6.07 Å². The number of esters is 1. The van der Waals surface area contributed by atoms with E-state index >= 15 is 0 Å². The number of rotatable bonds is 6. The lowest BCUT2D eigenvalue weighted by molar-refractivity contribution is -0.149. The number of carbonyl (C=O) groups excluding carboxylic acids is 1. The molecule has 1 saturated heterocycles. The number of halogens is 2. The van der Waals surface area contributed by atoms with Crippen LogP contribution in [0.4, 0.5) is 4.39 Å². The molecule has 0 N–H and O–H groups in total. The van der Waals surface area contributed by atoms with Gasteiger partial charge in [0.1, 0.15) is 5.82 Å². The van der Waals surface area contributed by atoms with Crippen LogP contribution in [-0.4, -0.2) is 37.1 Å². The second-order valence-electron chi connectivity index (χ2n) is 8.13. The minimum Gasteiger partial charge on any atom is -0.466 e. The fraction of sp³-hybridized carbons (Fsp3) is 0.458. The summed E-state index contributed by atoms with van der Waals surface area (Å²) in [6.45, 7) is 4.90. The molecule has 4 rings (SSSR count). The summed E-state index contributed by atoms with van der Waals surface area (Å²) in [5.74, 6) is -0.696. The molecular formula is C24H27ClFNO3. The zero-order valence-corrected chi connectivity index (χ0v) is 18.0. The number of benzene rings is 2. The quantitative estimate of drug-likeness (QED) is 0.620. The summed E-state index contributed by atoms with van der Waals surface area (Å²) in [6.07, 6.45) is 2.11. The summed E-state index contributed by atoms with van der Waals surface area (Å²) in [5.41, 5.74) is 2.61. The highest BCUT2D eigenvalue weighted by molar-refractivity contribution is 6.31. The van der Waals surface area contributed by atoms with Crippen LogP contribution in [0.2, 0.25) is 5.02 Å². The van der Waals surface area contributed by atoms with E-state index in [-0.39, 0.29) is 17.7 Å². The van der Waals surface area contributed by atoms with Gasteiger partial charge in [-0.3, -0.25) is 4.79 Å². The van der Waals surface area contributed by atoms with Crippen molar-refractivity contribution < 1.29 is 18.7 Å². The lowest BCUT2D eigenvalue weighted by atomic mass is 9.83. The van der Waals surface area contributed by atoms with Crippen LogP contribution in [0.5, 0.6) is 0 Å². The van der Waals surface area contributed by atoms with Gasteiger partial charge in [0, 0.05) is 24.7 Å². The number of carbonyl (C=O) groups is 1. The van der Waals surface area contributed by atoms with E-state index in [1.807, 2.05) is 37.3 Å². The van der Waals surface area contributed by atoms with Gasteiger partial charge in [0.2, 0.25) is 0 Å². The van der Waals surface area contributed by atoms with Gasteiger partial charge in [-0.15, -0.1) is 0 Å². The molecule has 160 valence electrons. The number of nitrogens with zero attached hydrogens (tertiary/aromatic N) is 1. The van der Waals surface area contributed by atoms with Gasteiger partial charge in [0.15, 0.2) is 0 Å². The SMILES string of the molecule is CCOC(=O)C(Cc1ccccc1Cl)CN1CCC2(CC1)OCc1ccc(F)cc12. The van der Waals surface area contributed by atoms with Crippen molar-refractivity contribution in [2.45, 2.75) is 38.4 Å². The van der Waals surface area contributed by atoms with Gasteiger partial charge in [-0.05, 0) is 61.1 Å². The number of ether oxygens (including phenoxy) is 2. The van der Waals surface area contributed by atoms with Crippen molar-refractivity contribution in [2.75, 3.05) is 26.2 Å². The van der Waals surface area contributed by atoms with E-state index in [2.05, 4.69) is 4.90 Å². The van der Waals surface area contributed by atoms with E-state index in [0.29, 0.717) is 31.2 Å². The molecule has 0 saturated carbocycles. The Labute approximate surface area is 181 Å². The molecular weight excluding hydrogens is 405 g/mol. The van der Waals surface area contributed by atoms with Crippen LogP contribution in [0.25, 0.3) is 0 Å². The Morgan fingerprint density at radius 1 is 1.27 bits per heavy atom. The van der Waals surface area contributed by atoms with Crippen LogP contribution in [0.1, 0.15) is 36.5 Å². The molecule has 0 aromatic heterocycles. The second-order valence-corrected chi connectivity index (χ2v) is 8.54. The summed E-state index contributed by atoms with van der Waals surface area (Å²) in [4.78, 5) is 14.9. The zero-order chi connectivity index (χ0) is 21.1. The summed E-state index contributed by atoms with van der Waals surface area (Å²) >= 11 is 6.32. The zero-order valence-electron chi connectivity index (χ0n) is 17.2. The molecule has 2 heterocycles. The highest BCUT2D eigenvalue weighted by Gasteiger charge is 2.43. The molecule has 2 aliphatic rings. The standard InChI is InChI=1S/C24H27ClFNO3/c1-2-29-23(28)19(13-17-5-3-4-6-22(17)25)15-27-11-9-24(10-12-27)21-14-20(26)8-7-18(21)16-30-24/h3-8,14,19H,2,9-13,15-16H2,1H3. The Bertz CT molecular complexity index is 911. The van der Waals surface area contributed by atoms with Gasteiger partial charge < -0.3 is 14.4 Å². The molecule has 1 atom stereocenters. The lowest BCUT2D eigenvalue weighted by Gasteiger charge is -2.40. The number of hydrogen-bond acceptors (Lipinski definition) is 4. The third-order valence-corrected chi connectivity index (χ3v) is 6.62. The highest BCUT2D eigenvalue weighted by atomic mass is 35.5. The Hall–Kier alpha value is -1.95. The Morgan fingerprint density at radius 2 is 2.03 bits per heavy atom. The van der Waals surface area contributed by atoms with Crippen LogP contribution in [0.3, 0.4) is 0 Å². The van der Waals surface area contributed by atoms with E-state index in [9.17, 15) is 9.18 Å². The van der Waals surface area contributed by atoms with Crippen molar-refractivity contribution in [3.8, 4) is 0 Å². The monoisotopic (exact) mass is 431 g/mol. The predicted octanol–water partition coefficient (Wildman–Crippen LogP) is 4.72. The highest BCUT2D eigenvalue weighted by Crippen LogP contribution is 2.44. The number of piperidine rings is 1. The molecule has 1 fully saturated rings. The Balaban J connectivity index is 1.44. The van der Waals surface area contributed by atoms with Gasteiger partial charge in [-0.25, -0.2) is 4.39 Å². The molecule has 0 bridgehead atoms. The number of hydrogen-bond donors (Lipinski definition) is 0. The largest absolute Gasteiger partial charge is 0.466 e. The summed E-state index contributed by atoms with van der Waals surface area (Å²) in [5, 5.41) is 0.669. The van der Waals surface area contributed by atoms with Crippen molar-refractivity contribution in [2.24, 2.45) is 5.92 Å². The molecule has 2 aromatic carbocycles. The second kappa shape index (κ2) is 9.04. The molecule has 0 aliphatic carbocycles. The first kappa shape index (κ1) is 21.3. The third-order valence-electron chi connectivity index (χ3n) is 6.25. The molecule has 30 heavy (non-hydrogen) atoms. The van der Waals surface area contributed by atoms with Crippen molar-refractivity contribution in [1.82, 2.24) is 4.90 Å². The van der Waals surface area contributed by atoms with Crippen LogP contribution in [0, 0.1) is 11.7 Å². The minimum absolute atomic E-state index is 0.192. The topological polar surface area (TPSA) is 38.8 Å². The van der Waals surface area contributed by atoms with Crippen molar-refractivity contribution in [3.05, 3.63) is 70.0 Å². The molecule has 2 aliphatic heterocycles. The first-order valence-electron chi connectivity index (χ1n) is 10.6. The fourth-order valence-electron chi connectivity index (χ4n) is 4.63. The summed E-state index contributed by atoms with van der Waals surface area (Å²) in [6, 6.07) is 12.6. The molecule has 0 amide bonds. The maximum Gasteiger partial charge on any atom is 0.310 e. The predicted molar refractivity (Wildman–Crippen MR) is 114 cm³/mol. The smallest absolute Gasteiger partial charge is 0.310 e. The molecule has 2 aromatic rings. The molecule has 4 nitrogen and oxygen atoms in total. The van der Waals surface area contributed by atoms with Crippen LogP contribution < -0.4 is 0 Å². The fourth-order valence-corrected chi connectivity index (χ4v) is 4.84. The van der Waals surface area contributed by atoms with Gasteiger partial charge in [-0.2, -0.15) is 0 Å². The Kier molecular flexibility index (Phi) is 6.42. The average molecular weight is 432 g/mol. The van der Waals surface area contributed by atoms with Crippen molar-refractivity contribution in [3.63, 3.8) is 0 Å². The van der Waals surface area contributed by atoms with Gasteiger partial charge >= 0.3 is 5.97 Å². The molecule has 1 unspecified atom stereocenters. The van der Waals surface area contributed by atoms with Gasteiger partial charge in [0.25, 0.3) is 0 Å². The third kappa shape index (κ3) is 4.39. The van der Waals surface area contributed by atoms with Crippen LogP contribution >= 0.6 is 11.6 Å². The Morgan fingerprint density at radius 3 is 2.77 bits per heavy atom. The first-order valence-corrected chi connectivity index (χ1v) is 10.9. The van der Waals surface area contributed by atoms with Crippen LogP contribution in [-0.2, 0) is 32.9 Å². The normalized spacial score (nSPS) is 18.9. The summed E-state index contributed by atoms with van der Waals surface area (Å²) < 4.78 is 25.3. The molecule has 1 spiro atoms. The lowest BCUT2D eigenvalue weighted by Crippen LogP contribution is -2.45. The number of fused-ring (bicyclic) bond motifs is 2. The van der Waals surface area contributed by atoms with E-state index < -0.39 is 5.60 Å². The minimum atomic E-state index is -0.407. The van der Waals surface area contributed by atoms with Crippen LogP contribution in [0.15, 0.2) is 42.5 Å². The number of likely N-dealkylation sites (tertiary alicyclic amines) is 1. The van der Waals surface area contributed by atoms with E-state index in [0.717, 1.165) is 42.6 Å². The first-order chi connectivity index (χ1) is 14.5. The molecule has 0 radical (unpaired) electrons. The van der Waals surface area contributed by atoms with E-state index in [1.54, 1.807) is 6.07 Å². The van der Waals surface area contributed by atoms with Gasteiger partial charge in [0.05, 0.1) is 24.7 Å². The molecule has 6 heteroatoms. The van der Waals surface area contributed by atoms with Crippen molar-refractivity contribution >= 4 is 17.6 Å². The van der Waals surface area contributed by atoms with E-state index in [4.69, 9.17) is 21.1 Å².